The second-order valence-electron chi connectivity index (χ2n) is 6.41. The Kier molecular flexibility index (Phi) is 5.51. The minimum absolute atomic E-state index is 0.229. The summed E-state index contributed by atoms with van der Waals surface area (Å²) in [6.45, 7) is 4.26. The molecule has 0 saturated carbocycles. The number of aromatic amines is 1. The average molecular weight is 327 g/mol. The van der Waals surface area contributed by atoms with Crippen LogP contribution in [0.25, 0.3) is 0 Å². The van der Waals surface area contributed by atoms with Crippen LogP contribution in [0.5, 0.6) is 5.75 Å². The van der Waals surface area contributed by atoms with Crippen molar-refractivity contribution in [3.63, 3.8) is 0 Å². The number of benzene rings is 1. The van der Waals surface area contributed by atoms with Gasteiger partial charge in [0.15, 0.2) is 0 Å². The van der Waals surface area contributed by atoms with Crippen molar-refractivity contribution < 1.29 is 9.53 Å². The largest absolute Gasteiger partial charge is 0.493 e. The summed E-state index contributed by atoms with van der Waals surface area (Å²) in [6.07, 6.45) is 5.23. The van der Waals surface area contributed by atoms with E-state index in [-0.39, 0.29) is 5.91 Å². The predicted octanol–water partition coefficient (Wildman–Crippen LogP) is 3.28. The Hall–Kier alpha value is -2.30. The van der Waals surface area contributed by atoms with E-state index in [1.54, 1.807) is 6.20 Å². The number of piperidine rings is 1. The number of hydrogen-bond acceptors (Lipinski definition) is 3. The van der Waals surface area contributed by atoms with Crippen LogP contribution in [0.3, 0.4) is 0 Å². The summed E-state index contributed by atoms with van der Waals surface area (Å²) < 4.78 is 5.77. The minimum Gasteiger partial charge on any atom is -0.493 e. The predicted molar refractivity (Wildman–Crippen MR) is 93.1 cm³/mol. The summed E-state index contributed by atoms with van der Waals surface area (Å²) >= 11 is 0. The molecule has 1 atom stereocenters. The van der Waals surface area contributed by atoms with Gasteiger partial charge in [0, 0.05) is 37.3 Å². The lowest BCUT2D eigenvalue weighted by atomic mass is 9.94. The highest BCUT2D eigenvalue weighted by molar-refractivity contribution is 5.76. The second-order valence-corrected chi connectivity index (χ2v) is 6.41. The number of nitrogens with one attached hydrogen (secondary N) is 1. The quantitative estimate of drug-likeness (QED) is 0.828. The van der Waals surface area contributed by atoms with Crippen molar-refractivity contribution in [2.75, 3.05) is 19.7 Å². The number of amides is 1. The first kappa shape index (κ1) is 16.6. The molecule has 1 unspecified atom stereocenters. The monoisotopic (exact) mass is 327 g/mol. The Bertz CT molecular complexity index is 654. The van der Waals surface area contributed by atoms with Crippen molar-refractivity contribution in [3.05, 3.63) is 47.8 Å². The van der Waals surface area contributed by atoms with Crippen LogP contribution in [-0.4, -0.2) is 40.7 Å². The average Bonchev–Trinajstić information content (AvgIpc) is 3.15. The van der Waals surface area contributed by atoms with Gasteiger partial charge in [0.2, 0.25) is 5.91 Å². The molecular weight excluding hydrogens is 302 g/mol. The van der Waals surface area contributed by atoms with E-state index in [1.165, 1.54) is 0 Å². The molecule has 1 fully saturated rings. The van der Waals surface area contributed by atoms with Gasteiger partial charge in [-0.3, -0.25) is 9.89 Å². The SMILES string of the molecule is Cc1ccccc1OCCCC(=O)N1CCCC(c2ccn[nH]2)C1. The fraction of sp³-hybridized carbons (Fsp3) is 0.474. The van der Waals surface area contributed by atoms with Gasteiger partial charge >= 0.3 is 0 Å². The third-order valence-electron chi connectivity index (χ3n) is 4.62. The van der Waals surface area contributed by atoms with Crippen molar-refractivity contribution in [1.29, 1.82) is 0 Å². The normalized spacial score (nSPS) is 17.7. The van der Waals surface area contributed by atoms with Gasteiger partial charge in [-0.2, -0.15) is 5.10 Å². The van der Waals surface area contributed by atoms with Gasteiger partial charge in [0.05, 0.1) is 6.61 Å². The van der Waals surface area contributed by atoms with E-state index in [1.807, 2.05) is 42.2 Å². The second kappa shape index (κ2) is 7.99. The molecule has 128 valence electrons. The van der Waals surface area contributed by atoms with Gasteiger partial charge in [0.1, 0.15) is 5.75 Å². The molecule has 1 aromatic carbocycles. The van der Waals surface area contributed by atoms with Crippen LogP contribution >= 0.6 is 0 Å². The molecule has 0 bridgehead atoms. The zero-order valence-corrected chi connectivity index (χ0v) is 14.2. The Morgan fingerprint density at radius 3 is 3.04 bits per heavy atom. The number of likely N-dealkylation sites (tertiary alicyclic amines) is 1. The van der Waals surface area contributed by atoms with Gasteiger partial charge in [-0.15, -0.1) is 0 Å². The first-order valence-electron chi connectivity index (χ1n) is 8.69. The number of rotatable bonds is 6. The molecule has 1 aliphatic heterocycles. The standard InChI is InChI=1S/C19H25N3O2/c1-15-6-2-3-8-18(15)24-13-5-9-19(23)22-12-4-7-16(14-22)17-10-11-20-21-17/h2-3,6,8,10-11,16H,4-5,7,9,12-14H2,1H3,(H,20,21). The van der Waals surface area contributed by atoms with Gasteiger partial charge in [-0.05, 0) is 43.9 Å². The lowest BCUT2D eigenvalue weighted by Gasteiger charge is -2.32. The van der Waals surface area contributed by atoms with Crippen LogP contribution in [-0.2, 0) is 4.79 Å². The number of nitrogens with zero attached hydrogens (tertiary/aromatic N) is 2. The molecule has 24 heavy (non-hydrogen) atoms. The van der Waals surface area contributed by atoms with Crippen molar-refractivity contribution in [3.8, 4) is 5.75 Å². The number of para-hydroxylation sites is 1. The van der Waals surface area contributed by atoms with Crippen molar-refractivity contribution in [2.45, 2.75) is 38.5 Å². The Morgan fingerprint density at radius 2 is 2.25 bits per heavy atom. The lowest BCUT2D eigenvalue weighted by Crippen LogP contribution is -2.39. The fourth-order valence-corrected chi connectivity index (χ4v) is 3.23. The van der Waals surface area contributed by atoms with Crippen LogP contribution < -0.4 is 4.74 Å². The van der Waals surface area contributed by atoms with Crippen molar-refractivity contribution >= 4 is 5.91 Å². The number of carbonyl (C=O) groups is 1. The van der Waals surface area contributed by atoms with E-state index < -0.39 is 0 Å². The highest BCUT2D eigenvalue weighted by Crippen LogP contribution is 2.25. The smallest absolute Gasteiger partial charge is 0.222 e. The van der Waals surface area contributed by atoms with Gasteiger partial charge in [-0.25, -0.2) is 0 Å². The molecule has 3 rings (SSSR count). The molecule has 5 heteroatoms. The molecule has 2 aromatic rings. The van der Waals surface area contributed by atoms with E-state index in [4.69, 9.17) is 4.74 Å². The molecule has 1 aliphatic rings. The first-order valence-corrected chi connectivity index (χ1v) is 8.69. The number of aryl methyl sites for hydroxylation is 1. The number of H-pyrrole nitrogens is 1. The van der Waals surface area contributed by atoms with E-state index in [0.29, 0.717) is 18.9 Å². The summed E-state index contributed by atoms with van der Waals surface area (Å²) in [7, 11) is 0. The maximum Gasteiger partial charge on any atom is 0.222 e. The highest BCUT2D eigenvalue weighted by Gasteiger charge is 2.25. The Labute approximate surface area is 143 Å². The molecule has 0 aliphatic carbocycles. The van der Waals surface area contributed by atoms with Gasteiger partial charge in [-0.1, -0.05) is 18.2 Å². The lowest BCUT2D eigenvalue weighted by molar-refractivity contribution is -0.132. The fourth-order valence-electron chi connectivity index (χ4n) is 3.23. The van der Waals surface area contributed by atoms with E-state index in [9.17, 15) is 4.79 Å². The van der Waals surface area contributed by atoms with Gasteiger partial charge in [0.25, 0.3) is 0 Å². The van der Waals surface area contributed by atoms with Gasteiger partial charge < -0.3 is 9.64 Å². The zero-order chi connectivity index (χ0) is 16.8. The van der Waals surface area contributed by atoms with E-state index >= 15 is 0 Å². The minimum atomic E-state index is 0.229. The summed E-state index contributed by atoms with van der Waals surface area (Å²) in [5.74, 6) is 1.52. The van der Waals surface area contributed by atoms with Crippen LogP contribution in [0, 0.1) is 6.92 Å². The zero-order valence-electron chi connectivity index (χ0n) is 14.2. The number of carbonyl (C=O) groups excluding carboxylic acids is 1. The van der Waals surface area contributed by atoms with Crippen LogP contribution in [0.15, 0.2) is 36.5 Å². The molecule has 1 saturated heterocycles. The first-order chi connectivity index (χ1) is 11.7. The highest BCUT2D eigenvalue weighted by atomic mass is 16.5. The Morgan fingerprint density at radius 1 is 1.38 bits per heavy atom. The third-order valence-corrected chi connectivity index (χ3v) is 4.62. The molecule has 1 aromatic heterocycles. The number of ether oxygens (including phenoxy) is 1. The van der Waals surface area contributed by atoms with E-state index in [2.05, 4.69) is 10.2 Å². The molecule has 0 radical (unpaired) electrons. The molecule has 1 amide bonds. The number of aromatic nitrogens is 2. The number of hydrogen-bond donors (Lipinski definition) is 1. The van der Waals surface area contributed by atoms with Crippen LogP contribution in [0.4, 0.5) is 0 Å². The summed E-state index contributed by atoms with van der Waals surface area (Å²) in [5.41, 5.74) is 2.26. The topological polar surface area (TPSA) is 58.2 Å². The molecular formula is C19H25N3O2. The summed E-state index contributed by atoms with van der Waals surface area (Å²) in [4.78, 5) is 14.4. The maximum absolute atomic E-state index is 12.4. The van der Waals surface area contributed by atoms with E-state index in [0.717, 1.165) is 49.4 Å². The molecule has 2 heterocycles. The van der Waals surface area contributed by atoms with Crippen LogP contribution in [0.1, 0.15) is 42.9 Å². The summed E-state index contributed by atoms with van der Waals surface area (Å²) in [5, 5.41) is 7.05. The third kappa shape index (κ3) is 4.16. The molecule has 5 nitrogen and oxygen atoms in total. The van der Waals surface area contributed by atoms with Crippen LogP contribution in [0.2, 0.25) is 0 Å². The molecule has 0 spiro atoms. The van der Waals surface area contributed by atoms with Crippen molar-refractivity contribution in [2.24, 2.45) is 0 Å². The maximum atomic E-state index is 12.4. The van der Waals surface area contributed by atoms with Crippen molar-refractivity contribution in [1.82, 2.24) is 15.1 Å². The Balaban J connectivity index is 1.42. The summed E-state index contributed by atoms with van der Waals surface area (Å²) in [6, 6.07) is 9.98. The molecule has 1 N–H and O–H groups in total.